The van der Waals surface area contributed by atoms with Gasteiger partial charge in [0.15, 0.2) is 0 Å². The fourth-order valence-corrected chi connectivity index (χ4v) is 8.17. The standard InChI is InChI=1S/C8H11N.C4HF9O6S3/c1-9(2)8-6-4-3-5-7-8;5-2(6,7)20(14,15)1(21(16,17)3(8,9)10)22(18,19)4(11,12)13/h3-7H,1-2H3;1H. The molecule has 182 valence electrons. The van der Waals surface area contributed by atoms with Gasteiger partial charge in [-0.3, -0.25) is 0 Å². The van der Waals surface area contributed by atoms with Gasteiger partial charge in [-0.15, -0.1) is 0 Å². The molecule has 1 rings (SSSR count). The molecule has 19 heteroatoms. The molecular weight excluding hydrogens is 521 g/mol. The highest BCUT2D eigenvalue weighted by Gasteiger charge is 2.73. The van der Waals surface area contributed by atoms with Gasteiger partial charge in [0.1, 0.15) is 0 Å². The summed E-state index contributed by atoms with van der Waals surface area (Å²) in [5, 5.41) is 0. The van der Waals surface area contributed by atoms with Crippen LogP contribution in [0.2, 0.25) is 0 Å². The van der Waals surface area contributed by atoms with E-state index in [-0.39, 0.29) is 0 Å². The minimum absolute atomic E-state index is 1.25. The second-order valence-corrected chi connectivity index (χ2v) is 12.5. The summed E-state index contributed by atoms with van der Waals surface area (Å²) in [6.45, 7) is 0. The Balaban J connectivity index is 0.000000823. The summed E-state index contributed by atoms with van der Waals surface area (Å²) in [5.74, 6) is 0. The SMILES string of the molecule is CN(C)c1ccccc1.O=S(=O)(C(S(=O)(=O)C(F)(F)F)S(=O)(=O)C(F)(F)F)C(F)(F)F. The number of halogens is 9. The molecule has 0 radical (unpaired) electrons. The molecule has 0 aliphatic carbocycles. The lowest BCUT2D eigenvalue weighted by atomic mass is 10.3. The summed E-state index contributed by atoms with van der Waals surface area (Å²) in [5.41, 5.74) is -19.8. The minimum Gasteiger partial charge on any atom is -0.378 e. The average Bonchev–Trinajstić information content (AvgIpc) is 2.52. The third-order valence-electron chi connectivity index (χ3n) is 3.00. The van der Waals surface area contributed by atoms with Gasteiger partial charge < -0.3 is 4.90 Å². The first kappa shape index (κ1) is 29.2. The fraction of sp³-hybridized carbons (Fsp3) is 0.500. The fourth-order valence-electron chi connectivity index (χ4n) is 1.55. The van der Waals surface area contributed by atoms with Crippen molar-refractivity contribution in [1.29, 1.82) is 0 Å². The molecule has 1 aromatic carbocycles. The van der Waals surface area contributed by atoms with Gasteiger partial charge in [0.25, 0.3) is 33.4 Å². The van der Waals surface area contributed by atoms with Crippen LogP contribution in [0.3, 0.4) is 0 Å². The minimum atomic E-state index is -7.94. The number of hydrogen-bond acceptors (Lipinski definition) is 7. The molecule has 0 spiro atoms. The zero-order valence-electron chi connectivity index (χ0n) is 15.0. The second-order valence-electron chi connectivity index (χ2n) is 5.49. The zero-order valence-corrected chi connectivity index (χ0v) is 17.4. The Morgan fingerprint density at radius 3 is 1.03 bits per heavy atom. The van der Waals surface area contributed by atoms with Gasteiger partial charge in [0.05, 0.1) is 0 Å². The van der Waals surface area contributed by atoms with E-state index in [0.717, 1.165) is 0 Å². The van der Waals surface area contributed by atoms with E-state index >= 15 is 0 Å². The summed E-state index contributed by atoms with van der Waals surface area (Å²) in [7, 11) is -19.7. The summed E-state index contributed by atoms with van der Waals surface area (Å²) in [6, 6.07) is 10.3. The van der Waals surface area contributed by atoms with Crippen molar-refractivity contribution in [2.24, 2.45) is 0 Å². The van der Waals surface area contributed by atoms with E-state index in [0.29, 0.717) is 0 Å². The van der Waals surface area contributed by atoms with Crippen molar-refractivity contribution in [2.75, 3.05) is 19.0 Å². The topological polar surface area (TPSA) is 106 Å². The van der Waals surface area contributed by atoms with Crippen LogP contribution in [-0.2, 0) is 29.5 Å². The summed E-state index contributed by atoms with van der Waals surface area (Å²) in [6.07, 6.45) is 0. The summed E-state index contributed by atoms with van der Waals surface area (Å²) >= 11 is 0. The number of rotatable bonds is 4. The molecule has 0 saturated heterocycles. The molecule has 0 aromatic heterocycles. The molecule has 0 unspecified atom stereocenters. The Hall–Kier alpha value is -1.76. The highest BCUT2D eigenvalue weighted by Crippen LogP contribution is 2.42. The molecule has 0 atom stereocenters. The van der Waals surface area contributed by atoms with E-state index < -0.39 is 50.0 Å². The number of alkyl halides is 9. The average molecular weight is 533 g/mol. The van der Waals surface area contributed by atoms with E-state index in [1.54, 1.807) is 0 Å². The van der Waals surface area contributed by atoms with E-state index in [2.05, 4.69) is 17.0 Å². The molecule has 0 N–H and O–H groups in total. The van der Waals surface area contributed by atoms with Gasteiger partial charge in [0.2, 0.25) is 0 Å². The van der Waals surface area contributed by atoms with Crippen LogP contribution in [0.25, 0.3) is 0 Å². The highest BCUT2D eigenvalue weighted by molar-refractivity contribution is 8.24. The first-order valence-electron chi connectivity index (χ1n) is 7.05. The molecule has 1 aromatic rings. The van der Waals surface area contributed by atoms with Crippen LogP contribution in [0.5, 0.6) is 0 Å². The third-order valence-corrected chi connectivity index (χ3v) is 11.0. The molecule has 0 aliphatic rings. The molecule has 7 nitrogen and oxygen atoms in total. The van der Waals surface area contributed by atoms with Crippen LogP contribution in [-0.4, -0.2) is 59.8 Å². The number of benzene rings is 1. The number of hydrogen-bond donors (Lipinski definition) is 0. The van der Waals surface area contributed by atoms with Crippen LogP contribution < -0.4 is 4.90 Å². The Bertz CT molecular complexity index is 953. The van der Waals surface area contributed by atoms with Crippen molar-refractivity contribution in [3.05, 3.63) is 30.3 Å². The Morgan fingerprint density at radius 2 is 0.871 bits per heavy atom. The monoisotopic (exact) mass is 533 g/mol. The maximum absolute atomic E-state index is 12.1. The highest BCUT2D eigenvalue weighted by atomic mass is 32.3. The first-order chi connectivity index (χ1) is 13.4. The maximum Gasteiger partial charge on any atom is 0.499 e. The predicted octanol–water partition coefficient (Wildman–Crippen LogP) is 2.83. The van der Waals surface area contributed by atoms with Gasteiger partial charge >= 0.3 is 16.5 Å². The molecule has 0 aliphatic heterocycles. The number of anilines is 1. The van der Waals surface area contributed by atoms with Crippen molar-refractivity contribution < 1.29 is 64.8 Å². The van der Waals surface area contributed by atoms with E-state index in [4.69, 9.17) is 0 Å². The van der Waals surface area contributed by atoms with Crippen LogP contribution in [0.4, 0.5) is 45.2 Å². The molecule has 0 fully saturated rings. The predicted molar refractivity (Wildman–Crippen MR) is 89.5 cm³/mol. The third kappa shape index (κ3) is 6.37. The van der Waals surface area contributed by atoms with Crippen LogP contribution in [0, 0.1) is 0 Å². The van der Waals surface area contributed by atoms with E-state index in [1.807, 2.05) is 32.3 Å². The Morgan fingerprint density at radius 1 is 0.613 bits per heavy atom. The van der Waals surface area contributed by atoms with Crippen molar-refractivity contribution in [3.8, 4) is 0 Å². The van der Waals surface area contributed by atoms with Crippen LogP contribution in [0.15, 0.2) is 30.3 Å². The zero-order chi connectivity index (χ0) is 25.3. The number of para-hydroxylation sites is 1. The van der Waals surface area contributed by atoms with Crippen molar-refractivity contribution >= 4 is 35.2 Å². The van der Waals surface area contributed by atoms with Crippen LogP contribution >= 0.6 is 0 Å². The summed E-state index contributed by atoms with van der Waals surface area (Å²) < 4.78 is 167. The second kappa shape index (κ2) is 9.00. The van der Waals surface area contributed by atoms with Gasteiger partial charge in [-0.25, -0.2) is 25.3 Å². The molecule has 0 amide bonds. The molecule has 0 heterocycles. The van der Waals surface area contributed by atoms with Gasteiger partial charge in [-0.2, -0.15) is 39.5 Å². The van der Waals surface area contributed by atoms with Gasteiger partial charge in [-0.1, -0.05) is 18.2 Å². The lowest BCUT2D eigenvalue weighted by Crippen LogP contribution is -2.52. The Kier molecular flexibility index (Phi) is 8.49. The quantitative estimate of drug-likeness (QED) is 0.548. The largest absolute Gasteiger partial charge is 0.499 e. The lowest BCUT2D eigenvalue weighted by Gasteiger charge is -2.21. The van der Waals surface area contributed by atoms with Gasteiger partial charge in [0, 0.05) is 19.8 Å². The Labute approximate surface area is 170 Å². The first-order valence-corrected chi connectivity index (χ1v) is 11.7. The normalized spacial score (nSPS) is 14.1. The summed E-state index contributed by atoms with van der Waals surface area (Å²) in [4.78, 5) is 2.08. The van der Waals surface area contributed by atoms with Crippen molar-refractivity contribution in [1.82, 2.24) is 0 Å². The van der Waals surface area contributed by atoms with Crippen LogP contribution in [0.1, 0.15) is 0 Å². The molecular formula is C12H12F9NO6S3. The maximum atomic E-state index is 12.1. The van der Waals surface area contributed by atoms with Gasteiger partial charge in [-0.05, 0) is 12.1 Å². The van der Waals surface area contributed by atoms with Crippen molar-refractivity contribution in [2.45, 2.75) is 20.4 Å². The van der Waals surface area contributed by atoms with E-state index in [1.165, 1.54) is 5.69 Å². The molecule has 0 bridgehead atoms. The van der Waals surface area contributed by atoms with E-state index in [9.17, 15) is 64.8 Å². The number of sulfone groups is 3. The lowest BCUT2D eigenvalue weighted by molar-refractivity contribution is -0.0490. The smallest absolute Gasteiger partial charge is 0.378 e. The molecule has 0 saturated carbocycles. The van der Waals surface area contributed by atoms with Crippen molar-refractivity contribution in [3.63, 3.8) is 0 Å². The molecule has 31 heavy (non-hydrogen) atoms. The number of nitrogens with zero attached hydrogens (tertiary/aromatic N) is 1.